The van der Waals surface area contributed by atoms with Crippen LogP contribution in [0.5, 0.6) is 5.75 Å². The second kappa shape index (κ2) is 8.59. The number of carbonyl (C=O) groups is 2. The number of ketones is 1. The van der Waals surface area contributed by atoms with Gasteiger partial charge in [-0.1, -0.05) is 23.5 Å². The fourth-order valence-electron chi connectivity index (χ4n) is 4.07. The first-order valence-corrected chi connectivity index (χ1v) is 11.4. The van der Waals surface area contributed by atoms with Crippen molar-refractivity contribution in [3.05, 3.63) is 94.6 Å². The molecule has 35 heavy (non-hydrogen) atoms. The number of hydrogen-bond donors (Lipinski definition) is 1. The van der Waals surface area contributed by atoms with Gasteiger partial charge < -0.3 is 9.84 Å². The van der Waals surface area contributed by atoms with E-state index in [4.69, 9.17) is 4.74 Å². The fraction of sp³-hybridized carbons (Fsp3) is 0.115. The number of anilines is 1. The van der Waals surface area contributed by atoms with Gasteiger partial charge in [0.1, 0.15) is 23.1 Å². The number of aliphatic hydroxyl groups excluding tert-OH is 1. The standard InChI is InChI=1S/C26H18F2N2O4S/c1-13-11-15(5-9-18(13)28)23(31)21-22(14-3-7-17(34-2)8-4-14)30(25(33)24(21)32)26-29-19-10-6-16(27)12-20(19)35-26/h3-12,22,31H,1-2H3/b23-21+. The molecule has 0 spiro atoms. The molecule has 0 saturated carbocycles. The number of methoxy groups -OCH3 is 1. The zero-order chi connectivity index (χ0) is 24.9. The molecule has 2 heterocycles. The number of Topliss-reactive ketones (excluding diaryl/α,β-unsaturated/α-hetero) is 1. The van der Waals surface area contributed by atoms with Crippen molar-refractivity contribution in [2.24, 2.45) is 0 Å². The van der Waals surface area contributed by atoms with Crippen LogP contribution >= 0.6 is 11.3 Å². The summed E-state index contributed by atoms with van der Waals surface area (Å²) in [5.74, 6) is -2.57. The van der Waals surface area contributed by atoms with Crippen LogP contribution in [0.3, 0.4) is 0 Å². The van der Waals surface area contributed by atoms with E-state index in [-0.39, 0.29) is 21.8 Å². The number of thiazole rings is 1. The number of benzene rings is 3. The molecule has 0 aliphatic carbocycles. The van der Waals surface area contributed by atoms with Crippen LogP contribution in [0, 0.1) is 18.6 Å². The van der Waals surface area contributed by atoms with Crippen LogP contribution in [0.25, 0.3) is 16.0 Å². The van der Waals surface area contributed by atoms with Crippen LogP contribution < -0.4 is 9.64 Å². The quantitative estimate of drug-likeness (QED) is 0.231. The van der Waals surface area contributed by atoms with E-state index in [1.54, 1.807) is 24.3 Å². The largest absolute Gasteiger partial charge is 0.507 e. The third-order valence-corrected chi connectivity index (χ3v) is 6.87. The normalized spacial score (nSPS) is 17.4. The van der Waals surface area contributed by atoms with Gasteiger partial charge in [-0.2, -0.15) is 0 Å². The molecular formula is C26H18F2N2O4S. The Morgan fingerprint density at radius 2 is 1.80 bits per heavy atom. The van der Waals surface area contributed by atoms with E-state index in [1.165, 1.54) is 55.3 Å². The third-order valence-electron chi connectivity index (χ3n) is 5.85. The van der Waals surface area contributed by atoms with Crippen molar-refractivity contribution in [2.45, 2.75) is 13.0 Å². The Morgan fingerprint density at radius 3 is 2.49 bits per heavy atom. The molecule has 176 valence electrons. The summed E-state index contributed by atoms with van der Waals surface area (Å²) in [6, 6.07) is 13.7. The molecule has 1 fully saturated rings. The van der Waals surface area contributed by atoms with Gasteiger partial charge in [-0.05, 0) is 66.6 Å². The molecule has 9 heteroatoms. The van der Waals surface area contributed by atoms with E-state index >= 15 is 0 Å². The Hall–Kier alpha value is -4.11. The van der Waals surface area contributed by atoms with Crippen LogP contribution in [-0.4, -0.2) is 28.9 Å². The smallest absolute Gasteiger partial charge is 0.301 e. The Morgan fingerprint density at radius 1 is 1.06 bits per heavy atom. The number of fused-ring (bicyclic) bond motifs is 1. The minimum Gasteiger partial charge on any atom is -0.507 e. The van der Waals surface area contributed by atoms with Crippen molar-refractivity contribution in [3.8, 4) is 5.75 Å². The summed E-state index contributed by atoms with van der Waals surface area (Å²) in [5.41, 5.74) is 1.31. The zero-order valence-electron chi connectivity index (χ0n) is 18.6. The van der Waals surface area contributed by atoms with Crippen molar-refractivity contribution in [1.29, 1.82) is 0 Å². The highest BCUT2D eigenvalue weighted by Gasteiger charge is 2.48. The first kappa shape index (κ1) is 22.7. The van der Waals surface area contributed by atoms with E-state index in [2.05, 4.69) is 4.98 Å². The van der Waals surface area contributed by atoms with Gasteiger partial charge in [0.25, 0.3) is 5.78 Å². The van der Waals surface area contributed by atoms with Crippen LogP contribution in [0.15, 0.2) is 66.2 Å². The Labute approximate surface area is 202 Å². The van der Waals surface area contributed by atoms with Gasteiger partial charge in [-0.3, -0.25) is 14.5 Å². The Balaban J connectivity index is 1.73. The van der Waals surface area contributed by atoms with Crippen LogP contribution in [-0.2, 0) is 9.59 Å². The molecule has 1 unspecified atom stereocenters. The minimum atomic E-state index is -1.02. The molecule has 4 aromatic rings. The minimum absolute atomic E-state index is 0.156. The first-order valence-electron chi connectivity index (χ1n) is 10.6. The summed E-state index contributed by atoms with van der Waals surface area (Å²) < 4.78 is 33.3. The number of hydrogen-bond acceptors (Lipinski definition) is 6. The number of carbonyl (C=O) groups excluding carboxylic acids is 2. The van der Waals surface area contributed by atoms with Crippen LogP contribution in [0.2, 0.25) is 0 Å². The number of halogens is 2. The maximum atomic E-state index is 13.8. The average Bonchev–Trinajstić information content (AvgIpc) is 3.38. The van der Waals surface area contributed by atoms with Gasteiger partial charge in [-0.25, -0.2) is 13.8 Å². The van der Waals surface area contributed by atoms with E-state index in [0.29, 0.717) is 21.5 Å². The maximum Gasteiger partial charge on any atom is 0.301 e. The summed E-state index contributed by atoms with van der Waals surface area (Å²) in [6.07, 6.45) is 0. The number of ether oxygens (including phenoxy) is 1. The van der Waals surface area contributed by atoms with Crippen LogP contribution in [0.1, 0.15) is 22.7 Å². The van der Waals surface area contributed by atoms with Gasteiger partial charge in [0, 0.05) is 5.56 Å². The molecule has 1 atom stereocenters. The monoisotopic (exact) mass is 492 g/mol. The number of aliphatic hydroxyl groups is 1. The summed E-state index contributed by atoms with van der Waals surface area (Å²) in [7, 11) is 1.51. The highest BCUT2D eigenvalue weighted by Crippen LogP contribution is 2.44. The Bertz CT molecular complexity index is 1530. The van der Waals surface area contributed by atoms with E-state index in [9.17, 15) is 23.5 Å². The van der Waals surface area contributed by atoms with Crippen molar-refractivity contribution >= 4 is 44.1 Å². The lowest BCUT2D eigenvalue weighted by Gasteiger charge is -2.23. The lowest BCUT2D eigenvalue weighted by molar-refractivity contribution is -0.132. The van der Waals surface area contributed by atoms with E-state index < -0.39 is 35.1 Å². The molecule has 6 nitrogen and oxygen atoms in total. The van der Waals surface area contributed by atoms with Crippen molar-refractivity contribution in [1.82, 2.24) is 4.98 Å². The molecule has 5 rings (SSSR count). The molecule has 0 bridgehead atoms. The van der Waals surface area contributed by atoms with Crippen molar-refractivity contribution in [3.63, 3.8) is 0 Å². The van der Waals surface area contributed by atoms with Gasteiger partial charge in [0.05, 0.1) is 28.9 Å². The molecule has 1 aromatic heterocycles. The van der Waals surface area contributed by atoms with Crippen LogP contribution in [0.4, 0.5) is 13.9 Å². The topological polar surface area (TPSA) is 79.7 Å². The molecule has 0 radical (unpaired) electrons. The molecular weight excluding hydrogens is 474 g/mol. The summed E-state index contributed by atoms with van der Waals surface area (Å²) in [5, 5.41) is 11.3. The molecule has 1 aliphatic heterocycles. The summed E-state index contributed by atoms with van der Waals surface area (Å²) in [4.78, 5) is 32.2. The number of aromatic nitrogens is 1. The number of rotatable bonds is 4. The third kappa shape index (κ3) is 3.83. The van der Waals surface area contributed by atoms with E-state index in [1.807, 2.05) is 0 Å². The zero-order valence-corrected chi connectivity index (χ0v) is 19.4. The highest BCUT2D eigenvalue weighted by atomic mass is 32.1. The van der Waals surface area contributed by atoms with Gasteiger partial charge in [-0.15, -0.1) is 0 Å². The van der Waals surface area contributed by atoms with Gasteiger partial charge in [0.2, 0.25) is 0 Å². The summed E-state index contributed by atoms with van der Waals surface area (Å²) in [6.45, 7) is 1.53. The number of amides is 1. The maximum absolute atomic E-state index is 13.8. The fourth-order valence-corrected chi connectivity index (χ4v) is 5.09. The summed E-state index contributed by atoms with van der Waals surface area (Å²) >= 11 is 1.06. The second-order valence-corrected chi connectivity index (χ2v) is 9.02. The number of nitrogens with zero attached hydrogens (tertiary/aromatic N) is 2. The Kier molecular flexibility index (Phi) is 5.56. The van der Waals surface area contributed by atoms with Gasteiger partial charge >= 0.3 is 5.91 Å². The second-order valence-electron chi connectivity index (χ2n) is 8.01. The molecule has 1 saturated heterocycles. The predicted octanol–water partition coefficient (Wildman–Crippen LogP) is 5.52. The van der Waals surface area contributed by atoms with Crippen molar-refractivity contribution in [2.75, 3.05) is 12.0 Å². The molecule has 1 N–H and O–H groups in total. The lowest BCUT2D eigenvalue weighted by atomic mass is 9.95. The average molecular weight is 493 g/mol. The SMILES string of the molecule is COc1ccc(C2/C(=C(\O)c3ccc(F)c(C)c3)C(=O)C(=O)N2c2nc3ccc(F)cc3s2)cc1. The van der Waals surface area contributed by atoms with E-state index in [0.717, 1.165) is 11.3 Å². The molecule has 3 aromatic carbocycles. The molecule has 1 amide bonds. The van der Waals surface area contributed by atoms with Gasteiger partial charge in [0.15, 0.2) is 5.13 Å². The highest BCUT2D eigenvalue weighted by molar-refractivity contribution is 7.22. The van der Waals surface area contributed by atoms with Crippen molar-refractivity contribution < 1.29 is 28.2 Å². The number of aryl methyl sites for hydroxylation is 1. The first-order chi connectivity index (χ1) is 16.8. The lowest BCUT2D eigenvalue weighted by Crippen LogP contribution is -2.29. The molecule has 1 aliphatic rings. The predicted molar refractivity (Wildman–Crippen MR) is 128 cm³/mol.